The fraction of sp³-hybridized carbons (Fsp3) is 0.438. The number of nitrogens with zero attached hydrogens (tertiary/aromatic N) is 5. The molecule has 248 valence electrons. The van der Waals surface area contributed by atoms with Gasteiger partial charge in [-0.1, -0.05) is 18.2 Å². The molecule has 46 heavy (non-hydrogen) atoms. The van der Waals surface area contributed by atoms with E-state index in [4.69, 9.17) is 4.74 Å². The Kier molecular flexibility index (Phi) is 13.0. The fourth-order valence-electron chi connectivity index (χ4n) is 4.77. The molecule has 3 aromatic rings. The highest BCUT2D eigenvalue weighted by Crippen LogP contribution is 2.38. The van der Waals surface area contributed by atoms with Gasteiger partial charge in [0.25, 0.3) is 0 Å². The third-order valence-corrected chi connectivity index (χ3v) is 8.75. The van der Waals surface area contributed by atoms with Crippen molar-refractivity contribution in [3.63, 3.8) is 0 Å². The van der Waals surface area contributed by atoms with Gasteiger partial charge in [-0.2, -0.15) is 5.26 Å². The van der Waals surface area contributed by atoms with Crippen molar-refractivity contribution in [1.29, 1.82) is 5.26 Å². The Morgan fingerprint density at radius 3 is 2.22 bits per heavy atom. The van der Waals surface area contributed by atoms with E-state index < -0.39 is 28.1 Å². The second kappa shape index (κ2) is 16.4. The smallest absolute Gasteiger partial charge is 0.180 e. The predicted molar refractivity (Wildman–Crippen MR) is 177 cm³/mol. The second-order valence-corrected chi connectivity index (χ2v) is 13.3. The molecule has 0 saturated carbocycles. The van der Waals surface area contributed by atoms with Crippen LogP contribution in [0.2, 0.25) is 0 Å². The SMILES string of the molecule is COc1cc(S(=O)(=O)CCN(CC(C)O)CC(C)O)c(C)cc1/N=N/c1c(NCC(C)O)nc(Nc2ccccc2)c(C#N)c1C. The predicted octanol–water partition coefficient (Wildman–Crippen LogP) is 4.37. The molecule has 3 atom stereocenters. The van der Waals surface area contributed by atoms with Gasteiger partial charge < -0.3 is 30.7 Å². The van der Waals surface area contributed by atoms with Crippen LogP contribution in [0, 0.1) is 25.2 Å². The van der Waals surface area contributed by atoms with Gasteiger partial charge in [0.05, 0.1) is 41.6 Å². The first kappa shape index (κ1) is 36.3. The van der Waals surface area contributed by atoms with Gasteiger partial charge in [0.2, 0.25) is 0 Å². The number of benzene rings is 2. The van der Waals surface area contributed by atoms with E-state index >= 15 is 0 Å². The van der Waals surface area contributed by atoms with E-state index in [-0.39, 0.29) is 65.3 Å². The lowest BCUT2D eigenvalue weighted by atomic mass is 10.1. The summed E-state index contributed by atoms with van der Waals surface area (Å²) in [6.45, 7) is 8.92. The van der Waals surface area contributed by atoms with Crippen LogP contribution in [0.4, 0.5) is 28.7 Å². The van der Waals surface area contributed by atoms with Crippen LogP contribution in [0.15, 0.2) is 57.6 Å². The summed E-state index contributed by atoms with van der Waals surface area (Å²) in [5.74, 6) is 0.528. The van der Waals surface area contributed by atoms with Crippen LogP contribution in [0.5, 0.6) is 5.75 Å². The number of hydrogen-bond donors (Lipinski definition) is 5. The topological polar surface area (TPSA) is 193 Å². The van der Waals surface area contributed by atoms with Gasteiger partial charge in [-0.05, 0) is 58.4 Å². The standard InChI is InChI=1S/C32H43N7O6S/c1-20-14-27(28(45-6)15-29(20)46(43,44)13-12-39(18-22(3)41)19-23(4)42)37-38-30-24(5)26(16-33)31(35-25-10-8-7-9-11-25)36-32(30)34-17-21(2)40/h7-11,14-15,21-23,40-42H,12-13,17-19H2,1-6H3,(H2,34,35,36)/b38-37+. The summed E-state index contributed by atoms with van der Waals surface area (Å²) in [5, 5.41) is 54.6. The van der Waals surface area contributed by atoms with E-state index in [9.17, 15) is 29.0 Å². The van der Waals surface area contributed by atoms with E-state index in [0.717, 1.165) is 5.69 Å². The maximum atomic E-state index is 13.4. The molecule has 13 nitrogen and oxygen atoms in total. The van der Waals surface area contributed by atoms with E-state index in [0.29, 0.717) is 16.9 Å². The lowest BCUT2D eigenvalue weighted by Crippen LogP contribution is -2.39. The number of methoxy groups -OCH3 is 1. The molecule has 0 aliphatic carbocycles. The Bertz CT molecular complexity index is 1650. The zero-order valence-corrected chi connectivity index (χ0v) is 27.8. The summed E-state index contributed by atoms with van der Waals surface area (Å²) in [6, 6.07) is 14.4. The zero-order valence-electron chi connectivity index (χ0n) is 27.0. The lowest BCUT2D eigenvalue weighted by Gasteiger charge is -2.25. The normalized spacial score (nSPS) is 13.8. The van der Waals surface area contributed by atoms with Crippen LogP contribution in [0.3, 0.4) is 0 Å². The highest BCUT2D eigenvalue weighted by atomic mass is 32.2. The van der Waals surface area contributed by atoms with Crippen LogP contribution in [-0.2, 0) is 9.84 Å². The fourth-order valence-corrected chi connectivity index (χ4v) is 6.32. The molecule has 0 amide bonds. The number of nitriles is 1. The van der Waals surface area contributed by atoms with Crippen LogP contribution >= 0.6 is 0 Å². The Morgan fingerprint density at radius 1 is 1.00 bits per heavy atom. The molecule has 0 radical (unpaired) electrons. The summed E-state index contributed by atoms with van der Waals surface area (Å²) < 4.78 is 32.3. The van der Waals surface area contributed by atoms with Crippen molar-refractivity contribution >= 4 is 38.5 Å². The van der Waals surface area contributed by atoms with Crippen molar-refractivity contribution in [1.82, 2.24) is 9.88 Å². The van der Waals surface area contributed by atoms with Gasteiger partial charge >= 0.3 is 0 Å². The monoisotopic (exact) mass is 653 g/mol. The number of pyridine rings is 1. The van der Waals surface area contributed by atoms with Crippen molar-refractivity contribution in [2.45, 2.75) is 57.8 Å². The minimum absolute atomic E-state index is 0.0672. The van der Waals surface area contributed by atoms with Crippen LogP contribution in [0.1, 0.15) is 37.5 Å². The number of aliphatic hydroxyl groups is 3. The van der Waals surface area contributed by atoms with E-state index in [1.165, 1.54) is 13.2 Å². The molecule has 14 heteroatoms. The summed E-state index contributed by atoms with van der Waals surface area (Å²) in [4.78, 5) is 6.38. The molecule has 0 fully saturated rings. The van der Waals surface area contributed by atoms with Crippen molar-refractivity contribution in [3.05, 3.63) is 59.2 Å². The number of ether oxygens (including phenoxy) is 1. The minimum Gasteiger partial charge on any atom is -0.494 e. The van der Waals surface area contributed by atoms with Gasteiger partial charge in [-0.3, -0.25) is 4.90 Å². The third kappa shape index (κ3) is 9.93. The highest BCUT2D eigenvalue weighted by Gasteiger charge is 2.23. The maximum absolute atomic E-state index is 13.4. The second-order valence-electron chi connectivity index (χ2n) is 11.3. The Morgan fingerprint density at radius 2 is 1.65 bits per heavy atom. The molecule has 1 aromatic heterocycles. The molecule has 2 aromatic carbocycles. The molecule has 3 rings (SSSR count). The first-order chi connectivity index (χ1) is 21.7. The Labute approximate surface area is 270 Å². The van der Waals surface area contributed by atoms with Crippen molar-refractivity contribution in [2.75, 3.05) is 49.7 Å². The molecule has 1 heterocycles. The van der Waals surface area contributed by atoms with Crippen LogP contribution in [0.25, 0.3) is 0 Å². The average Bonchev–Trinajstić information content (AvgIpc) is 2.98. The molecular weight excluding hydrogens is 610 g/mol. The molecule has 3 unspecified atom stereocenters. The number of aryl methyl sites for hydroxylation is 1. The number of para-hydroxylation sites is 1. The van der Waals surface area contributed by atoms with Gasteiger partial charge in [0.15, 0.2) is 21.5 Å². The molecule has 0 aliphatic heterocycles. The number of nitrogens with one attached hydrogen (secondary N) is 2. The number of aliphatic hydroxyl groups excluding tert-OH is 3. The van der Waals surface area contributed by atoms with Crippen LogP contribution < -0.4 is 15.4 Å². The van der Waals surface area contributed by atoms with Crippen molar-refractivity contribution in [3.8, 4) is 11.8 Å². The van der Waals surface area contributed by atoms with Crippen molar-refractivity contribution < 1.29 is 28.5 Å². The summed E-state index contributed by atoms with van der Waals surface area (Å²) >= 11 is 0. The van der Waals surface area contributed by atoms with Crippen molar-refractivity contribution in [2.24, 2.45) is 10.2 Å². The number of hydrogen-bond acceptors (Lipinski definition) is 13. The van der Waals surface area contributed by atoms with Crippen LogP contribution in [-0.4, -0.2) is 91.0 Å². The minimum atomic E-state index is -3.79. The Hall–Kier alpha value is -4.13. The first-order valence-corrected chi connectivity index (χ1v) is 16.5. The van der Waals surface area contributed by atoms with Gasteiger partial charge in [0, 0.05) is 43.5 Å². The quantitative estimate of drug-likeness (QED) is 0.138. The zero-order chi connectivity index (χ0) is 34.0. The first-order valence-electron chi connectivity index (χ1n) is 14.9. The summed E-state index contributed by atoms with van der Waals surface area (Å²) in [6.07, 6.45) is -2.07. The summed E-state index contributed by atoms with van der Waals surface area (Å²) in [7, 11) is -2.39. The van der Waals surface area contributed by atoms with Gasteiger partial charge in [-0.15, -0.1) is 10.2 Å². The lowest BCUT2D eigenvalue weighted by molar-refractivity contribution is 0.0873. The number of azo groups is 1. The highest BCUT2D eigenvalue weighted by molar-refractivity contribution is 7.91. The third-order valence-electron chi connectivity index (χ3n) is 6.92. The Balaban J connectivity index is 2.00. The van der Waals surface area contributed by atoms with E-state index in [1.807, 2.05) is 30.3 Å². The van der Waals surface area contributed by atoms with E-state index in [2.05, 4.69) is 31.9 Å². The number of rotatable bonds is 16. The molecule has 0 aliphatic rings. The van der Waals surface area contributed by atoms with E-state index in [1.54, 1.807) is 45.6 Å². The maximum Gasteiger partial charge on any atom is 0.180 e. The van der Waals surface area contributed by atoms with Gasteiger partial charge in [-0.25, -0.2) is 13.4 Å². The number of aromatic nitrogens is 1. The number of anilines is 3. The van der Waals surface area contributed by atoms with Gasteiger partial charge in [0.1, 0.15) is 23.2 Å². The average molecular weight is 654 g/mol. The molecule has 0 saturated heterocycles. The molecule has 0 spiro atoms. The summed E-state index contributed by atoms with van der Waals surface area (Å²) in [5.41, 5.74) is 2.43. The number of sulfone groups is 1. The molecule has 5 N–H and O–H groups in total. The molecule has 0 bridgehead atoms. The largest absolute Gasteiger partial charge is 0.494 e. The molecular formula is C32H43N7O6S.